The Balaban J connectivity index is 2.35. The van der Waals surface area contributed by atoms with E-state index < -0.39 is 16.6 Å². The van der Waals surface area contributed by atoms with E-state index in [0.717, 1.165) is 0 Å². The third-order valence-electron chi connectivity index (χ3n) is 0.865. The largest absolute Gasteiger partial charge is 0.348 e. The first kappa shape index (κ1) is 6.15. The fourth-order valence-corrected chi connectivity index (χ4v) is 1.00. The molecule has 1 fully saturated rings. The smallest absolute Gasteiger partial charge is 0.211 e. The lowest BCUT2D eigenvalue weighted by atomic mass is 10.7. The van der Waals surface area contributed by atoms with Crippen molar-refractivity contribution in [3.63, 3.8) is 0 Å². The van der Waals surface area contributed by atoms with Gasteiger partial charge >= 0.3 is 0 Å². The van der Waals surface area contributed by atoms with Crippen LogP contribution in [0.5, 0.6) is 0 Å². The fraction of sp³-hybridized carbons (Fsp3) is 1.00. The minimum atomic E-state index is -1.87. The molecule has 0 bridgehead atoms. The number of hydrogen-bond acceptors (Lipinski definition) is 3. The van der Waals surface area contributed by atoms with Gasteiger partial charge in [0.05, 0.1) is 6.61 Å². The summed E-state index contributed by atoms with van der Waals surface area (Å²) in [5.74, 6) is 0. The summed E-state index contributed by atoms with van der Waals surface area (Å²) in [7, 11) is 0. The summed E-state index contributed by atoms with van der Waals surface area (Å²) in [4.78, 5) is 0. The standard InChI is InChI=1S/C3H7NO3S/c5-8(6)3-4-1-2-7-3/h3-4H,1-2H2,(H,5,6). The SMILES string of the molecule is O=S(O)C1NCCO1. The molecule has 48 valence electrons. The van der Waals surface area contributed by atoms with Gasteiger partial charge in [0, 0.05) is 6.54 Å². The van der Waals surface area contributed by atoms with Crippen LogP contribution in [-0.4, -0.2) is 27.5 Å². The second kappa shape index (κ2) is 2.54. The van der Waals surface area contributed by atoms with Gasteiger partial charge in [-0.2, -0.15) is 0 Å². The van der Waals surface area contributed by atoms with Crippen molar-refractivity contribution in [2.75, 3.05) is 13.2 Å². The van der Waals surface area contributed by atoms with Crippen LogP contribution in [0.25, 0.3) is 0 Å². The average Bonchev–Trinajstić information content (AvgIpc) is 2.12. The summed E-state index contributed by atoms with van der Waals surface area (Å²) in [5.41, 5.74) is -0.657. The molecule has 4 nitrogen and oxygen atoms in total. The monoisotopic (exact) mass is 137 g/mol. The van der Waals surface area contributed by atoms with Crippen LogP contribution in [0.1, 0.15) is 0 Å². The molecular weight excluding hydrogens is 130 g/mol. The van der Waals surface area contributed by atoms with Crippen molar-refractivity contribution in [2.24, 2.45) is 0 Å². The average molecular weight is 137 g/mol. The highest BCUT2D eigenvalue weighted by Crippen LogP contribution is 1.96. The first-order valence-electron chi connectivity index (χ1n) is 2.25. The summed E-state index contributed by atoms with van der Waals surface area (Å²) in [6, 6.07) is 0. The molecule has 0 saturated carbocycles. The molecule has 0 aromatic heterocycles. The van der Waals surface area contributed by atoms with Gasteiger partial charge in [-0.25, -0.2) is 4.21 Å². The quantitative estimate of drug-likeness (QED) is 0.460. The Morgan fingerprint density at radius 1 is 1.88 bits per heavy atom. The van der Waals surface area contributed by atoms with E-state index in [0.29, 0.717) is 13.2 Å². The van der Waals surface area contributed by atoms with Gasteiger partial charge in [-0.05, 0) is 0 Å². The molecule has 1 aliphatic heterocycles. The molecule has 0 aliphatic carbocycles. The molecule has 0 spiro atoms. The Hall–Kier alpha value is 0.0300. The van der Waals surface area contributed by atoms with E-state index in [-0.39, 0.29) is 0 Å². The Labute approximate surface area is 49.5 Å². The molecule has 2 N–H and O–H groups in total. The second-order valence-electron chi connectivity index (χ2n) is 1.43. The minimum absolute atomic E-state index is 0.525. The van der Waals surface area contributed by atoms with Crippen molar-refractivity contribution in [3.05, 3.63) is 0 Å². The molecule has 8 heavy (non-hydrogen) atoms. The summed E-state index contributed by atoms with van der Waals surface area (Å²) in [6.45, 7) is 1.19. The lowest BCUT2D eigenvalue weighted by molar-refractivity contribution is 0.158. The third kappa shape index (κ3) is 1.25. The predicted octanol–water partition coefficient (Wildman–Crippen LogP) is -0.888. The van der Waals surface area contributed by atoms with E-state index >= 15 is 0 Å². The van der Waals surface area contributed by atoms with Gasteiger partial charge in [-0.15, -0.1) is 0 Å². The molecule has 0 amide bonds. The summed E-state index contributed by atoms with van der Waals surface area (Å²) < 4.78 is 23.2. The molecule has 0 aromatic carbocycles. The van der Waals surface area contributed by atoms with Crippen molar-refractivity contribution in [3.8, 4) is 0 Å². The van der Waals surface area contributed by atoms with Gasteiger partial charge in [0.1, 0.15) is 0 Å². The van der Waals surface area contributed by atoms with Gasteiger partial charge in [0.2, 0.25) is 5.56 Å². The highest BCUT2D eigenvalue weighted by molar-refractivity contribution is 7.79. The van der Waals surface area contributed by atoms with Crippen molar-refractivity contribution in [1.29, 1.82) is 0 Å². The third-order valence-corrected chi connectivity index (χ3v) is 1.53. The molecule has 0 aromatic rings. The number of ether oxygens (including phenoxy) is 1. The van der Waals surface area contributed by atoms with Crippen molar-refractivity contribution < 1.29 is 13.5 Å². The maximum absolute atomic E-state index is 10.1. The maximum atomic E-state index is 10.1. The van der Waals surface area contributed by atoms with Gasteiger partial charge < -0.3 is 9.29 Å². The first-order valence-corrected chi connectivity index (χ1v) is 3.42. The zero-order valence-corrected chi connectivity index (χ0v) is 4.98. The first-order chi connectivity index (χ1) is 3.80. The van der Waals surface area contributed by atoms with Crippen LogP contribution in [0, 0.1) is 0 Å². The maximum Gasteiger partial charge on any atom is 0.211 e. The highest BCUT2D eigenvalue weighted by atomic mass is 32.2. The van der Waals surface area contributed by atoms with E-state index in [1.54, 1.807) is 0 Å². The molecule has 2 atom stereocenters. The van der Waals surface area contributed by atoms with E-state index in [9.17, 15) is 4.21 Å². The van der Waals surface area contributed by atoms with Crippen LogP contribution in [-0.2, 0) is 15.8 Å². The number of rotatable bonds is 1. The Morgan fingerprint density at radius 2 is 2.62 bits per heavy atom. The summed E-state index contributed by atoms with van der Waals surface area (Å²) in [6.07, 6.45) is 0. The molecular formula is C3H7NO3S. The van der Waals surface area contributed by atoms with Crippen LogP contribution >= 0.6 is 0 Å². The fourth-order valence-electron chi connectivity index (χ4n) is 0.531. The minimum Gasteiger partial charge on any atom is -0.348 e. The Bertz CT molecular complexity index is 101. The normalized spacial score (nSPS) is 32.9. The van der Waals surface area contributed by atoms with E-state index in [2.05, 4.69) is 5.32 Å². The van der Waals surface area contributed by atoms with Crippen molar-refractivity contribution in [1.82, 2.24) is 5.32 Å². The summed E-state index contributed by atoms with van der Waals surface area (Å²) >= 11 is -1.87. The summed E-state index contributed by atoms with van der Waals surface area (Å²) in [5, 5.41) is 2.68. The lowest BCUT2D eigenvalue weighted by Gasteiger charge is -2.00. The van der Waals surface area contributed by atoms with E-state index in [4.69, 9.17) is 9.29 Å². The predicted molar refractivity (Wildman–Crippen MR) is 28.5 cm³/mol. The second-order valence-corrected chi connectivity index (χ2v) is 2.41. The van der Waals surface area contributed by atoms with Gasteiger partial charge in [0.25, 0.3) is 0 Å². The van der Waals surface area contributed by atoms with Gasteiger partial charge in [0.15, 0.2) is 11.1 Å². The molecule has 1 saturated heterocycles. The molecule has 1 heterocycles. The molecule has 1 rings (SSSR count). The molecule has 2 unspecified atom stereocenters. The topological polar surface area (TPSA) is 58.6 Å². The van der Waals surface area contributed by atoms with E-state index in [1.165, 1.54) is 0 Å². The molecule has 0 radical (unpaired) electrons. The number of nitrogens with one attached hydrogen (secondary N) is 1. The molecule has 1 aliphatic rings. The Morgan fingerprint density at radius 3 is 2.88 bits per heavy atom. The van der Waals surface area contributed by atoms with Crippen LogP contribution in [0.15, 0.2) is 0 Å². The van der Waals surface area contributed by atoms with Crippen LogP contribution < -0.4 is 5.32 Å². The van der Waals surface area contributed by atoms with Gasteiger partial charge in [-0.1, -0.05) is 0 Å². The molecule has 5 heteroatoms. The number of hydrogen-bond donors (Lipinski definition) is 2. The zero-order chi connectivity index (χ0) is 5.98. The van der Waals surface area contributed by atoms with Crippen LogP contribution in [0.2, 0.25) is 0 Å². The zero-order valence-electron chi connectivity index (χ0n) is 4.16. The van der Waals surface area contributed by atoms with E-state index in [1.807, 2.05) is 0 Å². The highest BCUT2D eigenvalue weighted by Gasteiger charge is 2.18. The lowest BCUT2D eigenvalue weighted by Crippen LogP contribution is -2.26. The Kier molecular flexibility index (Phi) is 1.95. The van der Waals surface area contributed by atoms with Crippen molar-refractivity contribution >= 4 is 11.1 Å². The van der Waals surface area contributed by atoms with Crippen LogP contribution in [0.4, 0.5) is 0 Å². The van der Waals surface area contributed by atoms with Gasteiger partial charge in [-0.3, -0.25) is 5.32 Å². The van der Waals surface area contributed by atoms with Crippen LogP contribution in [0.3, 0.4) is 0 Å². The van der Waals surface area contributed by atoms with Crippen molar-refractivity contribution in [2.45, 2.75) is 5.56 Å².